The number of methoxy groups -OCH3 is 3. The summed E-state index contributed by atoms with van der Waals surface area (Å²) in [5.74, 6) is 1.64. The van der Waals surface area contributed by atoms with Crippen molar-refractivity contribution >= 4 is 11.9 Å². The van der Waals surface area contributed by atoms with Crippen LogP contribution in [-0.2, 0) is 20.7 Å². The Morgan fingerprint density at radius 3 is 2.25 bits per heavy atom. The molecule has 1 aromatic carbocycles. The van der Waals surface area contributed by atoms with Crippen LogP contribution in [0.5, 0.6) is 17.2 Å². The molecule has 7 heteroatoms. The van der Waals surface area contributed by atoms with E-state index in [4.69, 9.17) is 18.9 Å². The number of esters is 1. The van der Waals surface area contributed by atoms with Crippen LogP contribution in [0, 0.1) is 11.8 Å². The minimum atomic E-state index is -0.491. The summed E-state index contributed by atoms with van der Waals surface area (Å²) >= 11 is 0. The fourth-order valence-corrected chi connectivity index (χ4v) is 3.64. The molecule has 3 unspecified atom stereocenters. The Bertz CT molecular complexity index is 664. The quantitative estimate of drug-likeness (QED) is 0.684. The second-order valence-corrected chi connectivity index (χ2v) is 7.31. The third-order valence-electron chi connectivity index (χ3n) is 5.49. The Labute approximate surface area is 166 Å². The largest absolute Gasteiger partial charge is 0.493 e. The molecule has 0 radical (unpaired) electrons. The number of hydrogen-bond acceptors (Lipinski definition) is 6. The lowest BCUT2D eigenvalue weighted by molar-refractivity contribution is -0.148. The average molecular weight is 393 g/mol. The predicted octanol–water partition coefficient (Wildman–Crippen LogP) is 2.74. The first kappa shape index (κ1) is 21.9. The monoisotopic (exact) mass is 393 g/mol. The second-order valence-electron chi connectivity index (χ2n) is 7.31. The number of nitrogens with one attached hydrogen (secondary N) is 1. The van der Waals surface area contributed by atoms with Crippen molar-refractivity contribution in [1.29, 1.82) is 0 Å². The number of hydrogen-bond donors (Lipinski definition) is 1. The van der Waals surface area contributed by atoms with Gasteiger partial charge >= 0.3 is 5.97 Å². The van der Waals surface area contributed by atoms with E-state index in [9.17, 15) is 9.59 Å². The summed E-state index contributed by atoms with van der Waals surface area (Å²) < 4.78 is 21.0. The third-order valence-corrected chi connectivity index (χ3v) is 5.49. The van der Waals surface area contributed by atoms with Gasteiger partial charge in [0.2, 0.25) is 5.75 Å². The summed E-state index contributed by atoms with van der Waals surface area (Å²) in [6.45, 7) is 4.09. The molecule has 0 spiro atoms. The number of benzene rings is 1. The van der Waals surface area contributed by atoms with Gasteiger partial charge in [0.15, 0.2) is 18.1 Å². The van der Waals surface area contributed by atoms with Crippen molar-refractivity contribution in [2.75, 3.05) is 27.9 Å². The molecule has 1 fully saturated rings. The van der Waals surface area contributed by atoms with E-state index < -0.39 is 5.97 Å². The molecule has 1 aliphatic carbocycles. The van der Waals surface area contributed by atoms with Crippen molar-refractivity contribution in [1.82, 2.24) is 5.32 Å². The minimum absolute atomic E-state index is 0.000853. The Kier molecular flexibility index (Phi) is 7.96. The van der Waals surface area contributed by atoms with Crippen molar-refractivity contribution in [3.63, 3.8) is 0 Å². The average Bonchev–Trinajstić information content (AvgIpc) is 2.69. The zero-order valence-electron chi connectivity index (χ0n) is 17.4. The number of carbonyl (C=O) groups is 2. The van der Waals surface area contributed by atoms with Crippen molar-refractivity contribution in [3.8, 4) is 17.2 Å². The molecule has 1 saturated carbocycles. The maximum Gasteiger partial charge on any atom is 0.310 e. The SMILES string of the molecule is COc1cc(CC(=O)OCC(=O)NC2CCCC(C)C2C)cc(OC)c1OC. The molecular weight excluding hydrogens is 362 g/mol. The highest BCUT2D eigenvalue weighted by Crippen LogP contribution is 2.38. The van der Waals surface area contributed by atoms with E-state index in [2.05, 4.69) is 19.2 Å². The van der Waals surface area contributed by atoms with E-state index in [0.717, 1.165) is 12.8 Å². The van der Waals surface area contributed by atoms with Gasteiger partial charge in [-0.1, -0.05) is 26.7 Å². The van der Waals surface area contributed by atoms with Crippen LogP contribution in [0.25, 0.3) is 0 Å². The molecule has 28 heavy (non-hydrogen) atoms. The van der Waals surface area contributed by atoms with Crippen LogP contribution in [-0.4, -0.2) is 45.9 Å². The fraction of sp³-hybridized carbons (Fsp3) is 0.619. The molecular formula is C21H31NO6. The highest BCUT2D eigenvalue weighted by Gasteiger charge is 2.28. The number of carbonyl (C=O) groups excluding carboxylic acids is 2. The minimum Gasteiger partial charge on any atom is -0.493 e. The summed E-state index contributed by atoms with van der Waals surface area (Å²) in [5, 5.41) is 3.00. The highest BCUT2D eigenvalue weighted by atomic mass is 16.5. The molecule has 1 N–H and O–H groups in total. The first-order valence-electron chi connectivity index (χ1n) is 9.63. The fourth-order valence-electron chi connectivity index (χ4n) is 3.64. The Morgan fingerprint density at radius 2 is 1.68 bits per heavy atom. The molecule has 1 amide bonds. The van der Waals surface area contributed by atoms with E-state index in [0.29, 0.717) is 34.6 Å². The zero-order valence-corrected chi connectivity index (χ0v) is 17.4. The molecule has 1 aliphatic rings. The van der Waals surface area contributed by atoms with E-state index >= 15 is 0 Å². The first-order valence-corrected chi connectivity index (χ1v) is 9.63. The lowest BCUT2D eigenvalue weighted by atomic mass is 9.78. The van der Waals surface area contributed by atoms with Crippen LogP contribution in [0.4, 0.5) is 0 Å². The molecule has 2 rings (SSSR count). The molecule has 3 atom stereocenters. The smallest absolute Gasteiger partial charge is 0.310 e. The number of ether oxygens (including phenoxy) is 4. The van der Waals surface area contributed by atoms with Crippen molar-refractivity contribution in [3.05, 3.63) is 17.7 Å². The predicted molar refractivity (Wildman–Crippen MR) is 105 cm³/mol. The topological polar surface area (TPSA) is 83.1 Å². The van der Waals surface area contributed by atoms with Gasteiger partial charge in [0.1, 0.15) is 0 Å². The van der Waals surface area contributed by atoms with Gasteiger partial charge in [0.25, 0.3) is 5.91 Å². The van der Waals surface area contributed by atoms with Gasteiger partial charge in [0.05, 0.1) is 27.8 Å². The number of rotatable bonds is 8. The molecule has 0 bridgehead atoms. The van der Waals surface area contributed by atoms with Gasteiger partial charge in [-0.2, -0.15) is 0 Å². The van der Waals surface area contributed by atoms with Crippen LogP contribution < -0.4 is 19.5 Å². The molecule has 1 aromatic rings. The molecule has 0 saturated heterocycles. The Hall–Kier alpha value is -2.44. The summed E-state index contributed by atoms with van der Waals surface area (Å²) in [6, 6.07) is 3.52. The van der Waals surface area contributed by atoms with E-state index in [-0.39, 0.29) is 25.0 Å². The Morgan fingerprint density at radius 1 is 1.04 bits per heavy atom. The van der Waals surface area contributed by atoms with Crippen LogP contribution in [0.2, 0.25) is 0 Å². The summed E-state index contributed by atoms with van der Waals surface area (Å²) in [6.07, 6.45) is 3.27. The van der Waals surface area contributed by atoms with Gasteiger partial charge in [-0.15, -0.1) is 0 Å². The summed E-state index contributed by atoms with van der Waals surface area (Å²) in [7, 11) is 4.54. The lowest BCUT2D eigenvalue weighted by Gasteiger charge is -2.34. The normalized spacial score (nSPS) is 21.5. The van der Waals surface area contributed by atoms with E-state index in [1.807, 2.05) is 0 Å². The third kappa shape index (κ3) is 5.53. The molecule has 0 aromatic heterocycles. The van der Waals surface area contributed by atoms with Gasteiger partial charge in [-0.3, -0.25) is 9.59 Å². The van der Waals surface area contributed by atoms with Gasteiger partial charge in [-0.25, -0.2) is 0 Å². The van der Waals surface area contributed by atoms with Crippen molar-refractivity contribution < 1.29 is 28.5 Å². The van der Waals surface area contributed by atoms with Crippen LogP contribution >= 0.6 is 0 Å². The van der Waals surface area contributed by atoms with E-state index in [1.165, 1.54) is 27.8 Å². The van der Waals surface area contributed by atoms with Crippen LogP contribution in [0.1, 0.15) is 38.7 Å². The van der Waals surface area contributed by atoms with Crippen LogP contribution in [0.3, 0.4) is 0 Å². The maximum atomic E-state index is 12.2. The van der Waals surface area contributed by atoms with Gasteiger partial charge < -0.3 is 24.3 Å². The van der Waals surface area contributed by atoms with Crippen LogP contribution in [0.15, 0.2) is 12.1 Å². The van der Waals surface area contributed by atoms with Crippen molar-refractivity contribution in [2.24, 2.45) is 11.8 Å². The summed E-state index contributed by atoms with van der Waals surface area (Å²) in [4.78, 5) is 24.3. The zero-order chi connectivity index (χ0) is 20.7. The molecule has 156 valence electrons. The second kappa shape index (κ2) is 10.2. The van der Waals surface area contributed by atoms with E-state index in [1.54, 1.807) is 12.1 Å². The first-order chi connectivity index (χ1) is 13.4. The molecule has 0 heterocycles. The highest BCUT2D eigenvalue weighted by molar-refractivity contribution is 5.81. The Balaban J connectivity index is 1.89. The van der Waals surface area contributed by atoms with Gasteiger partial charge in [0, 0.05) is 6.04 Å². The van der Waals surface area contributed by atoms with Crippen molar-refractivity contribution in [2.45, 2.75) is 45.6 Å². The number of amides is 1. The standard InChI is InChI=1S/C21H31NO6/c1-13-7-6-8-16(14(13)2)22-19(23)12-28-20(24)11-15-9-17(25-3)21(27-5)18(10-15)26-4/h9-10,13-14,16H,6-8,11-12H2,1-5H3,(H,22,23). The molecule has 0 aliphatic heterocycles. The van der Waals surface area contributed by atoms with Gasteiger partial charge in [-0.05, 0) is 36.0 Å². The lowest BCUT2D eigenvalue weighted by Crippen LogP contribution is -2.45. The molecule has 7 nitrogen and oxygen atoms in total. The maximum absolute atomic E-state index is 12.2. The summed E-state index contributed by atoms with van der Waals surface area (Å²) in [5.41, 5.74) is 0.648.